The number of benzene rings is 1. The number of nitriles is 1. The molecular weight excluding hydrogens is 282 g/mol. The zero-order valence-corrected chi connectivity index (χ0v) is 11.3. The molecule has 1 heterocycles. The summed E-state index contributed by atoms with van der Waals surface area (Å²) in [5, 5.41) is 20.2. The Balaban J connectivity index is 2.28. The summed E-state index contributed by atoms with van der Waals surface area (Å²) in [5.74, 6) is 0.759. The van der Waals surface area contributed by atoms with Crippen LogP contribution in [0.25, 0.3) is 0 Å². The fourth-order valence-electron chi connectivity index (χ4n) is 1.45. The van der Waals surface area contributed by atoms with E-state index in [1.165, 1.54) is 24.4 Å². The number of hydrogen-bond donors (Lipinski definition) is 0. The van der Waals surface area contributed by atoms with Crippen LogP contribution in [0.15, 0.2) is 29.9 Å². The van der Waals surface area contributed by atoms with Crippen molar-refractivity contribution in [1.29, 1.82) is 5.26 Å². The predicted molar refractivity (Wildman–Crippen MR) is 72.1 cm³/mol. The number of rotatable bonds is 5. The van der Waals surface area contributed by atoms with Gasteiger partial charge in [0.05, 0.1) is 18.3 Å². The first-order valence-corrected chi connectivity index (χ1v) is 5.88. The van der Waals surface area contributed by atoms with E-state index in [1.807, 2.05) is 6.07 Å². The van der Waals surface area contributed by atoms with Gasteiger partial charge in [-0.25, -0.2) is 4.68 Å². The third kappa shape index (κ3) is 3.24. The molecule has 0 spiro atoms. The van der Waals surface area contributed by atoms with Crippen molar-refractivity contribution in [1.82, 2.24) is 14.9 Å². The molecule has 0 aliphatic rings. The summed E-state index contributed by atoms with van der Waals surface area (Å²) >= 11 is 6.10. The molecule has 0 aliphatic heterocycles. The van der Waals surface area contributed by atoms with E-state index in [0.717, 1.165) is 0 Å². The number of nitrogens with zero attached hydrogens (tertiary/aromatic N) is 5. The molecule has 0 atom stereocenters. The molecule has 2 aromatic rings. The van der Waals surface area contributed by atoms with Crippen molar-refractivity contribution in [2.24, 2.45) is 5.10 Å². The average Bonchev–Trinajstić information content (AvgIpc) is 2.96. The molecule has 1 aromatic carbocycles. The lowest BCUT2D eigenvalue weighted by atomic mass is 10.2. The van der Waals surface area contributed by atoms with Gasteiger partial charge in [0.15, 0.2) is 18.1 Å². The Labute approximate surface area is 120 Å². The summed E-state index contributed by atoms with van der Waals surface area (Å²) in [4.78, 5) is 0. The van der Waals surface area contributed by atoms with Gasteiger partial charge in [-0.15, -0.1) is 10.2 Å². The highest BCUT2D eigenvalue weighted by Crippen LogP contribution is 2.35. The lowest BCUT2D eigenvalue weighted by molar-refractivity contribution is 0.330. The molecule has 0 fully saturated rings. The number of methoxy groups -OCH3 is 1. The molecular formula is C12H10ClN5O2. The van der Waals surface area contributed by atoms with Gasteiger partial charge < -0.3 is 9.47 Å². The third-order valence-electron chi connectivity index (χ3n) is 2.28. The van der Waals surface area contributed by atoms with Crippen LogP contribution in [-0.2, 0) is 0 Å². The van der Waals surface area contributed by atoms with Gasteiger partial charge in [-0.05, 0) is 17.7 Å². The topological polar surface area (TPSA) is 85.3 Å². The highest BCUT2D eigenvalue weighted by Gasteiger charge is 2.11. The molecule has 2 rings (SSSR count). The van der Waals surface area contributed by atoms with Crippen LogP contribution in [0.5, 0.6) is 11.5 Å². The predicted octanol–water partition coefficient (Wildman–Crippen LogP) is 1.72. The second-order valence-corrected chi connectivity index (χ2v) is 3.97. The summed E-state index contributed by atoms with van der Waals surface area (Å²) < 4.78 is 11.9. The van der Waals surface area contributed by atoms with E-state index >= 15 is 0 Å². The zero-order chi connectivity index (χ0) is 14.4. The SMILES string of the molecule is COc1cc(/C=N\n2cnnc2)cc(Cl)c1OCC#N. The fourth-order valence-corrected chi connectivity index (χ4v) is 1.72. The maximum atomic E-state index is 8.53. The Bertz CT molecular complexity index is 649. The van der Waals surface area contributed by atoms with Crippen molar-refractivity contribution in [2.75, 3.05) is 13.7 Å². The van der Waals surface area contributed by atoms with E-state index in [1.54, 1.807) is 18.3 Å². The molecule has 7 nitrogen and oxygen atoms in total. The van der Waals surface area contributed by atoms with Gasteiger partial charge in [-0.3, -0.25) is 0 Å². The van der Waals surface area contributed by atoms with E-state index < -0.39 is 0 Å². The number of hydrogen-bond acceptors (Lipinski definition) is 6. The molecule has 1 aromatic heterocycles. The third-order valence-corrected chi connectivity index (χ3v) is 2.56. The summed E-state index contributed by atoms with van der Waals surface area (Å²) in [6.45, 7) is -0.107. The van der Waals surface area contributed by atoms with Gasteiger partial charge >= 0.3 is 0 Å². The Morgan fingerprint density at radius 2 is 2.20 bits per heavy atom. The zero-order valence-electron chi connectivity index (χ0n) is 10.5. The molecule has 0 bridgehead atoms. The summed E-state index contributed by atoms with van der Waals surface area (Å²) in [7, 11) is 1.49. The maximum absolute atomic E-state index is 8.53. The molecule has 8 heteroatoms. The van der Waals surface area contributed by atoms with E-state index in [-0.39, 0.29) is 6.61 Å². The van der Waals surface area contributed by atoms with Crippen molar-refractivity contribution in [3.63, 3.8) is 0 Å². The Kier molecular flexibility index (Phi) is 4.52. The summed E-state index contributed by atoms with van der Waals surface area (Å²) in [5.41, 5.74) is 0.713. The minimum atomic E-state index is -0.107. The van der Waals surface area contributed by atoms with Crippen molar-refractivity contribution >= 4 is 17.8 Å². The summed E-state index contributed by atoms with van der Waals surface area (Å²) in [6, 6.07) is 5.23. The second kappa shape index (κ2) is 6.54. The van der Waals surface area contributed by atoms with Gasteiger partial charge in [0.2, 0.25) is 0 Å². The van der Waals surface area contributed by atoms with Crippen molar-refractivity contribution < 1.29 is 9.47 Å². The lowest BCUT2D eigenvalue weighted by Crippen LogP contribution is -1.99. The van der Waals surface area contributed by atoms with Crippen molar-refractivity contribution in [3.05, 3.63) is 35.4 Å². The Morgan fingerprint density at radius 1 is 1.45 bits per heavy atom. The van der Waals surface area contributed by atoms with Crippen LogP contribution >= 0.6 is 11.6 Å². The highest BCUT2D eigenvalue weighted by molar-refractivity contribution is 6.32. The van der Waals surface area contributed by atoms with Crippen LogP contribution in [0, 0.1) is 11.3 Å². The highest BCUT2D eigenvalue weighted by atomic mass is 35.5. The van der Waals surface area contributed by atoms with Crippen LogP contribution in [0.1, 0.15) is 5.56 Å². The Hall–Kier alpha value is -2.59. The van der Waals surface area contributed by atoms with Gasteiger partial charge in [-0.1, -0.05) is 11.6 Å². The molecule has 0 radical (unpaired) electrons. The maximum Gasteiger partial charge on any atom is 0.181 e. The average molecular weight is 292 g/mol. The standard InChI is InChI=1S/C12H10ClN5O2/c1-19-11-5-9(6-17-18-7-15-16-8-18)4-10(13)12(11)20-3-2-14/h4-8H,3H2,1H3/b17-6-. The van der Waals surface area contributed by atoms with Crippen LogP contribution in [-0.4, -0.2) is 34.8 Å². The van der Waals surface area contributed by atoms with Crippen LogP contribution in [0.2, 0.25) is 5.02 Å². The van der Waals surface area contributed by atoms with Gasteiger partial charge in [0.25, 0.3) is 0 Å². The normalized spacial score (nSPS) is 10.4. The molecule has 20 heavy (non-hydrogen) atoms. The molecule has 0 N–H and O–H groups in total. The van der Waals surface area contributed by atoms with Crippen LogP contribution < -0.4 is 9.47 Å². The molecule has 0 saturated heterocycles. The second-order valence-electron chi connectivity index (χ2n) is 3.57. The lowest BCUT2D eigenvalue weighted by Gasteiger charge is -2.10. The first-order chi connectivity index (χ1) is 9.74. The van der Waals surface area contributed by atoms with E-state index in [9.17, 15) is 0 Å². The minimum absolute atomic E-state index is 0.107. The number of aromatic nitrogens is 3. The van der Waals surface area contributed by atoms with Crippen molar-refractivity contribution in [2.45, 2.75) is 0 Å². The van der Waals surface area contributed by atoms with E-state index in [2.05, 4.69) is 15.3 Å². The number of ether oxygens (including phenoxy) is 2. The molecule has 0 unspecified atom stereocenters. The van der Waals surface area contributed by atoms with Crippen LogP contribution in [0.4, 0.5) is 0 Å². The monoisotopic (exact) mass is 291 g/mol. The largest absolute Gasteiger partial charge is 0.493 e. The van der Waals surface area contributed by atoms with Gasteiger partial charge in [0, 0.05) is 0 Å². The Morgan fingerprint density at radius 3 is 2.85 bits per heavy atom. The first kappa shape index (κ1) is 13.8. The smallest absolute Gasteiger partial charge is 0.181 e. The quantitative estimate of drug-likeness (QED) is 0.783. The number of halogens is 1. The van der Waals surface area contributed by atoms with E-state index in [4.69, 9.17) is 26.3 Å². The summed E-state index contributed by atoms with van der Waals surface area (Å²) in [6.07, 6.45) is 4.49. The molecule has 0 amide bonds. The minimum Gasteiger partial charge on any atom is -0.493 e. The molecule has 0 aliphatic carbocycles. The van der Waals surface area contributed by atoms with Gasteiger partial charge in [-0.2, -0.15) is 10.4 Å². The molecule has 102 valence electrons. The molecule has 0 saturated carbocycles. The van der Waals surface area contributed by atoms with Crippen molar-refractivity contribution in [3.8, 4) is 17.6 Å². The van der Waals surface area contributed by atoms with Crippen LogP contribution in [0.3, 0.4) is 0 Å². The van der Waals surface area contributed by atoms with E-state index in [0.29, 0.717) is 22.1 Å². The first-order valence-electron chi connectivity index (χ1n) is 5.51. The van der Waals surface area contributed by atoms with Gasteiger partial charge in [0.1, 0.15) is 18.7 Å². The fraction of sp³-hybridized carbons (Fsp3) is 0.167.